The minimum absolute atomic E-state index is 0.194. The number of aryl methyl sites for hydroxylation is 3. The lowest BCUT2D eigenvalue weighted by molar-refractivity contribution is -0.124. The van der Waals surface area contributed by atoms with Crippen molar-refractivity contribution in [3.63, 3.8) is 0 Å². The molecule has 1 fully saturated rings. The van der Waals surface area contributed by atoms with Crippen molar-refractivity contribution in [1.29, 1.82) is 0 Å². The van der Waals surface area contributed by atoms with E-state index in [0.717, 1.165) is 29.5 Å². The molecule has 6 heteroatoms. The summed E-state index contributed by atoms with van der Waals surface area (Å²) in [5.41, 5.74) is 3.09. The zero-order valence-electron chi connectivity index (χ0n) is 17.2. The van der Waals surface area contributed by atoms with Crippen LogP contribution in [0.15, 0.2) is 46.0 Å². The number of nitrogens with one attached hydrogen (secondary N) is 1. The van der Waals surface area contributed by atoms with Gasteiger partial charge in [-0.05, 0) is 75.9 Å². The highest BCUT2D eigenvalue weighted by molar-refractivity contribution is 5.85. The first kappa shape index (κ1) is 19.2. The topological polar surface area (TPSA) is 73.1 Å². The molecule has 1 unspecified atom stereocenters. The zero-order valence-corrected chi connectivity index (χ0v) is 17.2. The molecule has 1 aliphatic carbocycles. The summed E-state index contributed by atoms with van der Waals surface area (Å²) in [7, 11) is 0. The van der Waals surface area contributed by atoms with Crippen LogP contribution >= 0.6 is 0 Å². The first-order valence-electron chi connectivity index (χ1n) is 9.94. The molecule has 29 heavy (non-hydrogen) atoms. The largest absolute Gasteiger partial charge is 0.352 e. The van der Waals surface area contributed by atoms with Crippen molar-refractivity contribution < 1.29 is 4.79 Å². The van der Waals surface area contributed by atoms with E-state index in [-0.39, 0.29) is 17.5 Å². The number of amides is 1. The Morgan fingerprint density at radius 3 is 2.41 bits per heavy atom. The summed E-state index contributed by atoms with van der Waals surface area (Å²) in [6.07, 6.45) is 1.94. The lowest BCUT2D eigenvalue weighted by Crippen LogP contribution is -2.44. The molecule has 1 saturated carbocycles. The van der Waals surface area contributed by atoms with Gasteiger partial charge in [0.05, 0.1) is 16.6 Å². The minimum Gasteiger partial charge on any atom is -0.352 e. The van der Waals surface area contributed by atoms with E-state index in [2.05, 4.69) is 5.32 Å². The van der Waals surface area contributed by atoms with Crippen LogP contribution in [0.5, 0.6) is 0 Å². The van der Waals surface area contributed by atoms with Gasteiger partial charge in [-0.3, -0.25) is 14.2 Å². The maximum atomic E-state index is 13.5. The summed E-state index contributed by atoms with van der Waals surface area (Å²) < 4.78 is 2.61. The van der Waals surface area contributed by atoms with Crippen LogP contribution < -0.4 is 16.6 Å². The van der Waals surface area contributed by atoms with E-state index in [1.54, 1.807) is 25.1 Å². The van der Waals surface area contributed by atoms with E-state index in [4.69, 9.17) is 0 Å². The third-order valence-corrected chi connectivity index (χ3v) is 5.68. The summed E-state index contributed by atoms with van der Waals surface area (Å²) in [5, 5.41) is 3.38. The predicted octanol–water partition coefficient (Wildman–Crippen LogP) is 2.92. The van der Waals surface area contributed by atoms with Crippen molar-refractivity contribution in [2.75, 3.05) is 0 Å². The first-order chi connectivity index (χ1) is 13.8. The van der Waals surface area contributed by atoms with Gasteiger partial charge in [0.15, 0.2) is 0 Å². The van der Waals surface area contributed by atoms with Crippen LogP contribution in [0.3, 0.4) is 0 Å². The Balaban J connectivity index is 2.01. The third kappa shape index (κ3) is 3.39. The molecular formula is C23H25N3O3. The van der Waals surface area contributed by atoms with Crippen molar-refractivity contribution >= 4 is 16.8 Å². The van der Waals surface area contributed by atoms with E-state index in [1.807, 2.05) is 39.0 Å². The molecule has 150 valence electrons. The van der Waals surface area contributed by atoms with Crippen LogP contribution in [0.2, 0.25) is 0 Å². The molecule has 0 saturated heterocycles. The van der Waals surface area contributed by atoms with Gasteiger partial charge in [0.2, 0.25) is 5.91 Å². The molecule has 0 bridgehead atoms. The van der Waals surface area contributed by atoms with E-state index in [0.29, 0.717) is 16.6 Å². The van der Waals surface area contributed by atoms with Crippen LogP contribution in [0, 0.1) is 20.8 Å². The fraction of sp³-hybridized carbons (Fsp3) is 0.348. The van der Waals surface area contributed by atoms with Crippen LogP contribution in [0.25, 0.3) is 16.6 Å². The molecule has 1 N–H and O–H groups in total. The number of hydrogen-bond acceptors (Lipinski definition) is 3. The number of carbonyl (C=O) groups is 1. The van der Waals surface area contributed by atoms with E-state index in [9.17, 15) is 14.4 Å². The second-order valence-corrected chi connectivity index (χ2v) is 8.04. The molecule has 1 amide bonds. The van der Waals surface area contributed by atoms with Crippen molar-refractivity contribution in [3.05, 3.63) is 73.9 Å². The van der Waals surface area contributed by atoms with Crippen molar-refractivity contribution in [1.82, 2.24) is 14.5 Å². The normalized spacial score (nSPS) is 14.8. The number of nitrogens with zero attached hydrogens (tertiary/aromatic N) is 2. The Morgan fingerprint density at radius 1 is 1.03 bits per heavy atom. The van der Waals surface area contributed by atoms with E-state index in [1.165, 1.54) is 9.13 Å². The highest BCUT2D eigenvalue weighted by Gasteiger charge is 2.28. The molecule has 6 nitrogen and oxygen atoms in total. The highest BCUT2D eigenvalue weighted by Crippen LogP contribution is 2.21. The predicted molar refractivity (Wildman–Crippen MR) is 114 cm³/mol. The van der Waals surface area contributed by atoms with Crippen molar-refractivity contribution in [2.45, 2.75) is 52.6 Å². The Labute approximate surface area is 168 Å². The highest BCUT2D eigenvalue weighted by atomic mass is 16.2. The standard InChI is InChI=1S/C23H25N3O3/c1-13-5-10-20-19(11-13)22(28)26(18-9-6-14(2)15(3)12-18)23(29)25(20)16(4)21(27)24-17-7-8-17/h5-6,9-12,16-17H,7-8H2,1-4H3,(H,24,27). The van der Waals surface area contributed by atoms with Crippen LogP contribution in [0.4, 0.5) is 0 Å². The molecule has 4 rings (SSSR count). The van der Waals surface area contributed by atoms with Gasteiger partial charge in [-0.1, -0.05) is 17.7 Å². The smallest absolute Gasteiger partial charge is 0.336 e. The van der Waals surface area contributed by atoms with Gasteiger partial charge in [0.1, 0.15) is 6.04 Å². The summed E-state index contributed by atoms with van der Waals surface area (Å²) in [6.45, 7) is 7.53. The third-order valence-electron chi connectivity index (χ3n) is 5.68. The molecule has 1 aromatic heterocycles. The quantitative estimate of drug-likeness (QED) is 0.743. The number of carbonyl (C=O) groups excluding carboxylic acids is 1. The summed E-state index contributed by atoms with van der Waals surface area (Å²) >= 11 is 0. The zero-order chi connectivity index (χ0) is 20.9. The monoisotopic (exact) mass is 391 g/mol. The van der Waals surface area contributed by atoms with Gasteiger partial charge in [0, 0.05) is 6.04 Å². The Bertz CT molecular complexity index is 1250. The van der Waals surface area contributed by atoms with E-state index >= 15 is 0 Å². The molecular weight excluding hydrogens is 366 g/mol. The van der Waals surface area contributed by atoms with Gasteiger partial charge in [-0.2, -0.15) is 0 Å². The van der Waals surface area contributed by atoms with Crippen LogP contribution in [0.1, 0.15) is 42.5 Å². The number of fused-ring (bicyclic) bond motifs is 1. The number of benzene rings is 2. The fourth-order valence-corrected chi connectivity index (χ4v) is 3.58. The molecule has 2 aromatic carbocycles. The van der Waals surface area contributed by atoms with Crippen LogP contribution in [-0.2, 0) is 4.79 Å². The Hall–Kier alpha value is -3.15. The Kier molecular flexibility index (Phi) is 4.65. The molecule has 1 atom stereocenters. The SMILES string of the molecule is Cc1ccc2c(c1)c(=O)n(-c1ccc(C)c(C)c1)c(=O)n2C(C)C(=O)NC1CC1. The summed E-state index contributed by atoms with van der Waals surface area (Å²) in [6, 6.07) is 10.3. The number of hydrogen-bond donors (Lipinski definition) is 1. The van der Waals surface area contributed by atoms with Gasteiger partial charge >= 0.3 is 5.69 Å². The average molecular weight is 391 g/mol. The number of rotatable bonds is 4. The van der Waals surface area contributed by atoms with Gasteiger partial charge in [-0.25, -0.2) is 9.36 Å². The maximum absolute atomic E-state index is 13.5. The first-order valence-corrected chi connectivity index (χ1v) is 9.94. The van der Waals surface area contributed by atoms with E-state index < -0.39 is 11.7 Å². The van der Waals surface area contributed by atoms with Gasteiger partial charge < -0.3 is 5.32 Å². The van der Waals surface area contributed by atoms with Gasteiger partial charge in [0.25, 0.3) is 5.56 Å². The fourth-order valence-electron chi connectivity index (χ4n) is 3.58. The molecule has 3 aromatic rings. The lowest BCUT2D eigenvalue weighted by atomic mass is 10.1. The number of aromatic nitrogens is 2. The average Bonchev–Trinajstić information content (AvgIpc) is 3.49. The lowest BCUT2D eigenvalue weighted by Gasteiger charge is -2.20. The van der Waals surface area contributed by atoms with Crippen LogP contribution in [-0.4, -0.2) is 21.1 Å². The van der Waals surface area contributed by atoms with Gasteiger partial charge in [-0.15, -0.1) is 0 Å². The molecule has 0 spiro atoms. The van der Waals surface area contributed by atoms with Crippen molar-refractivity contribution in [2.24, 2.45) is 0 Å². The molecule has 0 aliphatic heterocycles. The summed E-state index contributed by atoms with van der Waals surface area (Å²) in [5.74, 6) is -0.207. The summed E-state index contributed by atoms with van der Waals surface area (Å²) in [4.78, 5) is 39.5. The minimum atomic E-state index is -0.730. The Morgan fingerprint density at radius 2 is 1.76 bits per heavy atom. The van der Waals surface area contributed by atoms with Crippen molar-refractivity contribution in [3.8, 4) is 5.69 Å². The second kappa shape index (κ2) is 7.03. The second-order valence-electron chi connectivity index (χ2n) is 8.04. The molecule has 0 radical (unpaired) electrons. The molecule has 1 aliphatic rings. The maximum Gasteiger partial charge on any atom is 0.336 e. The molecule has 1 heterocycles.